The molecule has 2 heterocycles. The molecule has 4 heteroatoms. The number of rotatable bonds is 4. The maximum atomic E-state index is 14.0. The highest BCUT2D eigenvalue weighted by Gasteiger charge is 2.20. The van der Waals surface area contributed by atoms with Crippen LogP contribution < -0.4 is 5.73 Å². The molecule has 0 fully saturated rings. The molecule has 0 aliphatic rings. The number of H-pyrrole nitrogens is 1. The summed E-state index contributed by atoms with van der Waals surface area (Å²) in [6.07, 6.45) is 5.53. The van der Waals surface area contributed by atoms with Crippen LogP contribution in [0.25, 0.3) is 10.9 Å². The summed E-state index contributed by atoms with van der Waals surface area (Å²) in [6, 6.07) is 9.76. The van der Waals surface area contributed by atoms with Gasteiger partial charge in [-0.25, -0.2) is 4.39 Å². The van der Waals surface area contributed by atoms with Gasteiger partial charge in [-0.05, 0) is 36.2 Å². The lowest BCUT2D eigenvalue weighted by molar-refractivity contribution is 0.582. The first-order valence-corrected chi connectivity index (χ1v) is 6.66. The van der Waals surface area contributed by atoms with Gasteiger partial charge in [0.2, 0.25) is 0 Å². The second kappa shape index (κ2) is 5.43. The quantitative estimate of drug-likeness (QED) is 0.764. The fraction of sp³-hybridized carbons (Fsp3) is 0.188. The number of halogens is 1. The van der Waals surface area contributed by atoms with Crippen LogP contribution in [0.2, 0.25) is 0 Å². The number of nitrogens with zero attached hydrogens (tertiary/aromatic N) is 1. The molecular formula is C16H16FN3. The number of nitrogens with one attached hydrogen (secondary N) is 1. The van der Waals surface area contributed by atoms with Crippen molar-refractivity contribution >= 4 is 10.9 Å². The highest BCUT2D eigenvalue weighted by molar-refractivity contribution is 5.84. The first kappa shape index (κ1) is 12.8. The SMILES string of the molecule is NCCC(c1ccncc1F)c1c[nH]c2ccccc12. The summed E-state index contributed by atoms with van der Waals surface area (Å²) in [7, 11) is 0. The average Bonchev–Trinajstić information content (AvgIpc) is 2.90. The number of aromatic amines is 1. The Morgan fingerprint density at radius 1 is 1.20 bits per heavy atom. The van der Waals surface area contributed by atoms with E-state index in [2.05, 4.69) is 9.97 Å². The first-order chi connectivity index (χ1) is 9.81. The van der Waals surface area contributed by atoms with Gasteiger partial charge in [-0.1, -0.05) is 18.2 Å². The van der Waals surface area contributed by atoms with Gasteiger partial charge >= 0.3 is 0 Å². The van der Waals surface area contributed by atoms with Gasteiger partial charge in [-0.15, -0.1) is 0 Å². The van der Waals surface area contributed by atoms with E-state index in [-0.39, 0.29) is 11.7 Å². The third-order valence-electron chi connectivity index (χ3n) is 3.63. The molecule has 3 rings (SSSR count). The van der Waals surface area contributed by atoms with Crippen LogP contribution in [0.3, 0.4) is 0 Å². The number of nitrogens with two attached hydrogens (primary N) is 1. The molecule has 0 aliphatic carbocycles. The van der Waals surface area contributed by atoms with Gasteiger partial charge < -0.3 is 10.7 Å². The average molecular weight is 269 g/mol. The van der Waals surface area contributed by atoms with Crippen molar-refractivity contribution in [2.45, 2.75) is 12.3 Å². The van der Waals surface area contributed by atoms with Crippen molar-refractivity contribution in [2.24, 2.45) is 5.73 Å². The predicted octanol–water partition coefficient (Wildman–Crippen LogP) is 3.18. The van der Waals surface area contributed by atoms with E-state index >= 15 is 0 Å². The molecule has 0 amide bonds. The molecule has 1 aromatic carbocycles. The van der Waals surface area contributed by atoms with Crippen LogP contribution in [0.15, 0.2) is 48.9 Å². The zero-order valence-electron chi connectivity index (χ0n) is 11.0. The van der Waals surface area contributed by atoms with Crippen molar-refractivity contribution in [3.05, 3.63) is 65.9 Å². The summed E-state index contributed by atoms with van der Waals surface area (Å²) in [5, 5.41) is 1.11. The summed E-state index contributed by atoms with van der Waals surface area (Å²) in [5.74, 6) is -0.338. The zero-order valence-corrected chi connectivity index (χ0v) is 11.0. The van der Waals surface area contributed by atoms with Crippen LogP contribution in [-0.2, 0) is 0 Å². The van der Waals surface area contributed by atoms with E-state index in [1.165, 1.54) is 6.20 Å². The Morgan fingerprint density at radius 2 is 2.05 bits per heavy atom. The molecule has 1 atom stereocenters. The number of aromatic nitrogens is 2. The second-order valence-corrected chi connectivity index (χ2v) is 4.82. The zero-order chi connectivity index (χ0) is 13.9. The number of fused-ring (bicyclic) bond motifs is 1. The molecular weight excluding hydrogens is 253 g/mol. The number of benzene rings is 1. The van der Waals surface area contributed by atoms with Gasteiger partial charge in [0.25, 0.3) is 0 Å². The molecule has 3 aromatic rings. The van der Waals surface area contributed by atoms with Crippen molar-refractivity contribution in [1.82, 2.24) is 9.97 Å². The molecule has 3 N–H and O–H groups in total. The molecule has 0 spiro atoms. The maximum absolute atomic E-state index is 14.0. The molecule has 3 nitrogen and oxygen atoms in total. The summed E-state index contributed by atoms with van der Waals surface area (Å²) in [5.41, 5.74) is 8.50. The fourth-order valence-electron chi connectivity index (χ4n) is 2.70. The van der Waals surface area contributed by atoms with Crippen LogP contribution in [0.4, 0.5) is 4.39 Å². The molecule has 20 heavy (non-hydrogen) atoms. The molecule has 0 saturated heterocycles. The van der Waals surface area contributed by atoms with E-state index in [1.54, 1.807) is 12.3 Å². The summed E-state index contributed by atoms with van der Waals surface area (Å²) in [6.45, 7) is 0.506. The third-order valence-corrected chi connectivity index (χ3v) is 3.63. The van der Waals surface area contributed by atoms with E-state index in [9.17, 15) is 4.39 Å². The van der Waals surface area contributed by atoms with Crippen LogP contribution in [0.1, 0.15) is 23.5 Å². The maximum Gasteiger partial charge on any atom is 0.145 e. The normalized spacial score (nSPS) is 12.7. The van der Waals surface area contributed by atoms with Gasteiger partial charge in [0.15, 0.2) is 0 Å². The van der Waals surface area contributed by atoms with Gasteiger partial charge in [-0.2, -0.15) is 0 Å². The third kappa shape index (κ3) is 2.18. The topological polar surface area (TPSA) is 54.7 Å². The van der Waals surface area contributed by atoms with Crippen molar-refractivity contribution in [2.75, 3.05) is 6.54 Å². The Hall–Kier alpha value is -2.20. The molecule has 0 bridgehead atoms. The molecule has 0 radical (unpaired) electrons. The van der Waals surface area contributed by atoms with Crippen LogP contribution in [0, 0.1) is 5.82 Å². The summed E-state index contributed by atoms with van der Waals surface area (Å²) >= 11 is 0. The molecule has 0 aliphatic heterocycles. The molecule has 1 unspecified atom stereocenters. The highest BCUT2D eigenvalue weighted by Crippen LogP contribution is 2.33. The lowest BCUT2D eigenvalue weighted by Gasteiger charge is -2.16. The lowest BCUT2D eigenvalue weighted by atomic mass is 9.88. The highest BCUT2D eigenvalue weighted by atomic mass is 19.1. The Kier molecular flexibility index (Phi) is 3.48. The minimum absolute atomic E-state index is 0.0563. The Bertz CT molecular complexity index is 720. The largest absolute Gasteiger partial charge is 0.361 e. The molecule has 0 saturated carbocycles. The fourth-order valence-corrected chi connectivity index (χ4v) is 2.70. The standard InChI is InChI=1S/C16H16FN3/c17-15-10-19-8-6-12(15)11(5-7-18)14-9-20-16-4-2-1-3-13(14)16/h1-4,6,8-11,20H,5,7,18H2. The van der Waals surface area contributed by atoms with Gasteiger partial charge in [0.05, 0.1) is 6.20 Å². The Balaban J connectivity index is 2.14. The molecule has 102 valence electrons. The summed E-state index contributed by atoms with van der Waals surface area (Å²) < 4.78 is 14.0. The molecule has 2 aromatic heterocycles. The minimum atomic E-state index is -0.281. The van der Waals surface area contributed by atoms with Crippen LogP contribution >= 0.6 is 0 Å². The number of para-hydroxylation sites is 1. The van der Waals surface area contributed by atoms with Crippen LogP contribution in [0.5, 0.6) is 0 Å². The Morgan fingerprint density at radius 3 is 2.85 bits per heavy atom. The Labute approximate surface area is 116 Å². The van der Waals surface area contributed by atoms with Crippen molar-refractivity contribution < 1.29 is 4.39 Å². The lowest BCUT2D eigenvalue weighted by Crippen LogP contribution is -2.10. The van der Waals surface area contributed by atoms with E-state index < -0.39 is 0 Å². The number of hydrogen-bond acceptors (Lipinski definition) is 2. The smallest absolute Gasteiger partial charge is 0.145 e. The van der Waals surface area contributed by atoms with Crippen molar-refractivity contribution in [3.63, 3.8) is 0 Å². The second-order valence-electron chi connectivity index (χ2n) is 4.82. The minimum Gasteiger partial charge on any atom is -0.361 e. The van der Waals surface area contributed by atoms with E-state index in [0.29, 0.717) is 18.5 Å². The van der Waals surface area contributed by atoms with Gasteiger partial charge in [-0.3, -0.25) is 4.98 Å². The van der Waals surface area contributed by atoms with E-state index in [1.807, 2.05) is 30.5 Å². The van der Waals surface area contributed by atoms with E-state index in [4.69, 9.17) is 5.73 Å². The van der Waals surface area contributed by atoms with Gasteiger partial charge in [0.1, 0.15) is 5.82 Å². The van der Waals surface area contributed by atoms with E-state index in [0.717, 1.165) is 16.5 Å². The number of hydrogen-bond donors (Lipinski definition) is 2. The first-order valence-electron chi connectivity index (χ1n) is 6.66. The predicted molar refractivity (Wildman–Crippen MR) is 78.0 cm³/mol. The van der Waals surface area contributed by atoms with Crippen molar-refractivity contribution in [1.29, 1.82) is 0 Å². The number of pyridine rings is 1. The van der Waals surface area contributed by atoms with Crippen molar-refractivity contribution in [3.8, 4) is 0 Å². The van der Waals surface area contributed by atoms with Crippen LogP contribution in [-0.4, -0.2) is 16.5 Å². The monoisotopic (exact) mass is 269 g/mol. The van der Waals surface area contributed by atoms with Gasteiger partial charge in [0, 0.05) is 29.2 Å². The summed E-state index contributed by atoms with van der Waals surface area (Å²) in [4.78, 5) is 7.05.